The van der Waals surface area contributed by atoms with Gasteiger partial charge in [-0.1, -0.05) is 6.58 Å². The van der Waals surface area contributed by atoms with Crippen LogP contribution in [0.2, 0.25) is 0 Å². The molecule has 0 aromatic heterocycles. The lowest BCUT2D eigenvalue weighted by Crippen LogP contribution is -2.22. The molecular weight excluding hydrogens is 232 g/mol. The van der Waals surface area contributed by atoms with Gasteiger partial charge >= 0.3 is 5.97 Å². The minimum atomic E-state index is -1.00. The molecule has 17 heavy (non-hydrogen) atoms. The Labute approximate surface area is 99.6 Å². The molecule has 7 heteroatoms. The fraction of sp³-hybridized carbons (Fsp3) is 0.700. The van der Waals surface area contributed by atoms with Gasteiger partial charge in [0.05, 0.1) is 19.8 Å². The molecule has 0 saturated carbocycles. The third-order valence-corrected chi connectivity index (χ3v) is 1.39. The molecule has 0 heterocycles. The van der Waals surface area contributed by atoms with E-state index in [1.165, 1.54) is 6.92 Å². The van der Waals surface area contributed by atoms with Crippen LogP contribution in [-0.2, 0) is 9.53 Å². The van der Waals surface area contributed by atoms with Crippen LogP contribution in [0.15, 0.2) is 12.2 Å². The maximum absolute atomic E-state index is 10.6. The van der Waals surface area contributed by atoms with Crippen LogP contribution < -0.4 is 0 Å². The molecule has 0 bridgehead atoms. The van der Waals surface area contributed by atoms with Gasteiger partial charge in [0.15, 0.2) is 0 Å². The smallest absolute Gasteiger partial charge is 0.333 e. The summed E-state index contributed by atoms with van der Waals surface area (Å²) < 4.78 is 4.51. The largest absolute Gasteiger partial charge is 0.460 e. The number of aliphatic hydroxyl groups excluding tert-OH is 5. The van der Waals surface area contributed by atoms with Gasteiger partial charge in [0.2, 0.25) is 0 Å². The molecule has 0 rings (SSSR count). The summed E-state index contributed by atoms with van der Waals surface area (Å²) in [7, 11) is 0. The van der Waals surface area contributed by atoms with Gasteiger partial charge in [0, 0.05) is 5.57 Å². The van der Waals surface area contributed by atoms with E-state index in [-0.39, 0.29) is 25.4 Å². The van der Waals surface area contributed by atoms with Crippen molar-refractivity contribution in [3.8, 4) is 0 Å². The van der Waals surface area contributed by atoms with Gasteiger partial charge in [-0.05, 0) is 6.92 Å². The third-order valence-electron chi connectivity index (χ3n) is 1.39. The van der Waals surface area contributed by atoms with Crippen molar-refractivity contribution in [2.24, 2.45) is 0 Å². The molecule has 0 aliphatic heterocycles. The number of esters is 1. The zero-order valence-electron chi connectivity index (χ0n) is 9.74. The summed E-state index contributed by atoms with van der Waals surface area (Å²) in [4.78, 5) is 10.6. The molecular formula is C10H20O7. The first-order valence-corrected chi connectivity index (χ1v) is 4.90. The highest BCUT2D eigenvalue weighted by atomic mass is 16.5. The van der Waals surface area contributed by atoms with Crippen LogP contribution in [0.3, 0.4) is 0 Å². The van der Waals surface area contributed by atoms with E-state index >= 15 is 0 Å². The van der Waals surface area contributed by atoms with Crippen molar-refractivity contribution in [2.45, 2.75) is 19.1 Å². The predicted octanol–water partition coefficient (Wildman–Crippen LogP) is -2.21. The predicted molar refractivity (Wildman–Crippen MR) is 59.0 cm³/mol. The maximum atomic E-state index is 10.6. The van der Waals surface area contributed by atoms with E-state index in [1.54, 1.807) is 0 Å². The minimum absolute atomic E-state index is 0.192. The molecule has 0 saturated heterocycles. The molecule has 1 atom stereocenters. The summed E-state index contributed by atoms with van der Waals surface area (Å²) in [6.45, 7) is 3.51. The monoisotopic (exact) mass is 252 g/mol. The molecule has 0 radical (unpaired) electrons. The number of carbonyl (C=O) groups is 1. The molecule has 0 aromatic rings. The summed E-state index contributed by atoms with van der Waals surface area (Å²) in [6, 6.07) is 0. The highest BCUT2D eigenvalue weighted by Gasteiger charge is 2.07. The van der Waals surface area contributed by atoms with Gasteiger partial charge in [-0.2, -0.15) is 0 Å². The van der Waals surface area contributed by atoms with Crippen molar-refractivity contribution < 1.29 is 35.1 Å². The van der Waals surface area contributed by atoms with Crippen molar-refractivity contribution in [3.05, 3.63) is 12.2 Å². The number of hydrogen-bond acceptors (Lipinski definition) is 7. The Hall–Kier alpha value is -0.990. The van der Waals surface area contributed by atoms with Gasteiger partial charge in [-0.25, -0.2) is 4.79 Å². The number of ether oxygens (including phenoxy) is 1. The van der Waals surface area contributed by atoms with E-state index in [9.17, 15) is 4.79 Å². The second-order valence-corrected chi connectivity index (χ2v) is 3.23. The Bertz CT molecular complexity index is 213. The molecule has 0 spiro atoms. The zero-order valence-corrected chi connectivity index (χ0v) is 9.74. The molecule has 0 aromatic carbocycles. The van der Waals surface area contributed by atoms with Gasteiger partial charge < -0.3 is 30.3 Å². The fourth-order valence-corrected chi connectivity index (χ4v) is 0.406. The quantitative estimate of drug-likeness (QED) is 0.268. The van der Waals surface area contributed by atoms with Gasteiger partial charge in [-0.3, -0.25) is 0 Å². The lowest BCUT2D eigenvalue weighted by atomic mass is 10.3. The average molecular weight is 252 g/mol. The Morgan fingerprint density at radius 3 is 1.76 bits per heavy atom. The van der Waals surface area contributed by atoms with Crippen LogP contribution in [0.4, 0.5) is 0 Å². The topological polar surface area (TPSA) is 127 Å². The Kier molecular flexibility index (Phi) is 12.4. The second-order valence-electron chi connectivity index (χ2n) is 3.23. The summed E-state index contributed by atoms with van der Waals surface area (Å²) in [5, 5.41) is 41.1. The minimum Gasteiger partial charge on any atom is -0.460 e. The first-order valence-electron chi connectivity index (χ1n) is 4.90. The molecule has 7 nitrogen and oxygen atoms in total. The highest BCUT2D eigenvalue weighted by molar-refractivity contribution is 5.86. The second kappa shape index (κ2) is 11.5. The summed E-state index contributed by atoms with van der Waals surface area (Å²) >= 11 is 0. The van der Waals surface area contributed by atoms with Crippen LogP contribution in [0, 0.1) is 0 Å². The van der Waals surface area contributed by atoms with Crippen molar-refractivity contribution >= 4 is 5.97 Å². The van der Waals surface area contributed by atoms with E-state index < -0.39 is 24.8 Å². The van der Waals surface area contributed by atoms with Gasteiger partial charge in [0.25, 0.3) is 0 Å². The Balaban J connectivity index is 0. The van der Waals surface area contributed by atoms with Gasteiger partial charge in [-0.15, -0.1) is 0 Å². The van der Waals surface area contributed by atoms with E-state index in [1.807, 2.05) is 0 Å². The lowest BCUT2D eigenvalue weighted by Gasteiger charge is -2.07. The molecule has 5 N–H and O–H groups in total. The SMILES string of the molecule is C=C(C)C(=O)OCC(O)CO.OCC(O)CO. The Morgan fingerprint density at radius 2 is 1.53 bits per heavy atom. The van der Waals surface area contributed by atoms with Crippen molar-refractivity contribution in [1.29, 1.82) is 0 Å². The van der Waals surface area contributed by atoms with Crippen molar-refractivity contribution in [3.63, 3.8) is 0 Å². The molecule has 0 aliphatic rings. The average Bonchev–Trinajstić information content (AvgIpc) is 2.34. The molecule has 1 unspecified atom stereocenters. The number of aliphatic hydroxyl groups is 5. The first kappa shape index (κ1) is 18.4. The lowest BCUT2D eigenvalue weighted by molar-refractivity contribution is -0.142. The van der Waals surface area contributed by atoms with E-state index in [2.05, 4.69) is 11.3 Å². The van der Waals surface area contributed by atoms with Crippen LogP contribution >= 0.6 is 0 Å². The first-order chi connectivity index (χ1) is 7.88. The van der Waals surface area contributed by atoms with Crippen LogP contribution in [0.25, 0.3) is 0 Å². The van der Waals surface area contributed by atoms with E-state index in [4.69, 9.17) is 25.5 Å². The van der Waals surface area contributed by atoms with Crippen LogP contribution in [-0.4, -0.2) is 70.1 Å². The maximum Gasteiger partial charge on any atom is 0.333 e. The number of carbonyl (C=O) groups excluding carboxylic acids is 1. The number of hydrogen-bond donors (Lipinski definition) is 5. The van der Waals surface area contributed by atoms with Crippen LogP contribution in [0.1, 0.15) is 6.92 Å². The molecule has 0 aliphatic carbocycles. The normalized spacial score (nSPS) is 11.5. The highest BCUT2D eigenvalue weighted by Crippen LogP contribution is 1.93. The zero-order chi connectivity index (χ0) is 13.8. The van der Waals surface area contributed by atoms with E-state index in [0.717, 1.165) is 0 Å². The summed E-state index contributed by atoms with van der Waals surface area (Å²) in [5.41, 5.74) is 0.273. The van der Waals surface area contributed by atoms with Crippen molar-refractivity contribution in [1.82, 2.24) is 0 Å². The molecule has 0 amide bonds. The molecule has 0 fully saturated rings. The van der Waals surface area contributed by atoms with Gasteiger partial charge in [0.1, 0.15) is 18.8 Å². The third kappa shape index (κ3) is 12.9. The summed E-state index contributed by atoms with van der Waals surface area (Å²) in [6.07, 6.45) is -1.96. The van der Waals surface area contributed by atoms with Crippen molar-refractivity contribution in [2.75, 3.05) is 26.4 Å². The summed E-state index contributed by atoms with van der Waals surface area (Å²) in [5.74, 6) is -0.558. The standard InChI is InChI=1S/C7H12O4.C3H8O3/c1-5(2)7(10)11-4-6(9)3-8;4-1-3(6)2-5/h6,8-9H,1,3-4H2,2H3;3-6H,1-2H2. The fourth-order valence-electron chi connectivity index (χ4n) is 0.406. The van der Waals surface area contributed by atoms with E-state index in [0.29, 0.717) is 0 Å². The number of rotatable bonds is 6. The van der Waals surface area contributed by atoms with Crippen LogP contribution in [0.5, 0.6) is 0 Å². The molecule has 102 valence electrons. The Morgan fingerprint density at radius 1 is 1.12 bits per heavy atom.